The van der Waals surface area contributed by atoms with Crippen molar-refractivity contribution in [3.05, 3.63) is 53.6 Å². The fourth-order valence-corrected chi connectivity index (χ4v) is 5.41. The molecule has 0 spiro atoms. The van der Waals surface area contributed by atoms with Crippen LogP contribution in [0.3, 0.4) is 0 Å². The first-order chi connectivity index (χ1) is 18.0. The molecule has 1 N–H and O–H groups in total. The van der Waals surface area contributed by atoms with Crippen molar-refractivity contribution < 1.29 is 59.9 Å². The normalized spacial score (nSPS) is 20.1. The van der Waals surface area contributed by atoms with Gasteiger partial charge in [-0.1, -0.05) is 44.9 Å². The molecule has 1 fully saturated rings. The van der Waals surface area contributed by atoms with Gasteiger partial charge in [0.25, 0.3) is 0 Å². The number of carbonyl (C=O) groups is 2. The van der Waals surface area contributed by atoms with E-state index in [4.69, 9.17) is 14.2 Å². The Kier molecular flexibility index (Phi) is 11.3. The Hall–Kier alpha value is -2.26. The number of aliphatic carboxylic acids is 1. The number of carboxylic acids is 1. The fraction of sp³-hybridized carbons (Fsp3) is 0.517. The number of likely N-dealkylation sites (tertiary alicyclic amines) is 1. The summed E-state index contributed by atoms with van der Waals surface area (Å²) in [5, 5.41) is 10.5. The molecule has 0 saturated carbocycles. The minimum atomic E-state index is -0.882. The number of benzene rings is 2. The van der Waals surface area contributed by atoms with Gasteiger partial charge in [0.2, 0.25) is 12.7 Å². The summed E-state index contributed by atoms with van der Waals surface area (Å²) in [5.41, 5.74) is 1.73. The van der Waals surface area contributed by atoms with Crippen molar-refractivity contribution in [2.24, 2.45) is 5.92 Å². The Balaban J connectivity index is 0.00000267. The van der Waals surface area contributed by atoms with Crippen LogP contribution in [0.15, 0.2) is 42.5 Å². The second-order valence-corrected chi connectivity index (χ2v) is 9.82. The number of methoxy groups -OCH3 is 1. The van der Waals surface area contributed by atoms with E-state index in [0.717, 1.165) is 49.9 Å². The van der Waals surface area contributed by atoms with E-state index in [1.807, 2.05) is 52.3 Å². The predicted molar refractivity (Wildman–Crippen MR) is 141 cm³/mol. The van der Waals surface area contributed by atoms with Crippen LogP contribution in [0, 0.1) is 5.92 Å². The molecule has 9 heteroatoms. The summed E-state index contributed by atoms with van der Waals surface area (Å²) in [7, 11) is 1.60. The first-order valence-electron chi connectivity index (χ1n) is 13.2. The van der Waals surface area contributed by atoms with Gasteiger partial charge < -0.3 is 25.6 Å². The molecule has 2 heterocycles. The molecular formula is C29H39N2NaO6. The molecule has 0 bridgehead atoms. The molecule has 3 unspecified atom stereocenters. The maximum absolute atomic E-state index is 13.5. The number of nitrogens with zero attached hydrogens (tertiary/aromatic N) is 2. The maximum Gasteiger partial charge on any atom is 1.00 e. The van der Waals surface area contributed by atoms with Gasteiger partial charge in [-0.25, -0.2) is 0 Å². The van der Waals surface area contributed by atoms with Crippen molar-refractivity contribution in [2.75, 3.05) is 40.1 Å². The van der Waals surface area contributed by atoms with E-state index in [9.17, 15) is 14.7 Å². The van der Waals surface area contributed by atoms with Crippen LogP contribution in [0.4, 0.5) is 0 Å². The van der Waals surface area contributed by atoms with Crippen molar-refractivity contribution in [3.8, 4) is 17.2 Å². The SMILES string of the molecule is CCCCN(CCCC)C(=O)CN1CC(c2ccc3c(c2)OCO3)C(C(=O)O)C1c1ccc(OC)cc1.[H-].[Na+]. The average molecular weight is 535 g/mol. The van der Waals surface area contributed by atoms with Crippen LogP contribution in [0.2, 0.25) is 0 Å². The summed E-state index contributed by atoms with van der Waals surface area (Å²) in [4.78, 5) is 30.3. The van der Waals surface area contributed by atoms with E-state index in [2.05, 4.69) is 13.8 Å². The van der Waals surface area contributed by atoms with Gasteiger partial charge in [0.15, 0.2) is 11.5 Å². The smallest absolute Gasteiger partial charge is 1.00 e. The van der Waals surface area contributed by atoms with Crippen molar-refractivity contribution in [2.45, 2.75) is 51.5 Å². The summed E-state index contributed by atoms with van der Waals surface area (Å²) < 4.78 is 16.3. The molecular weight excluding hydrogens is 495 g/mol. The maximum atomic E-state index is 13.5. The van der Waals surface area contributed by atoms with Gasteiger partial charge in [-0.15, -0.1) is 0 Å². The Morgan fingerprint density at radius 1 is 1.03 bits per heavy atom. The monoisotopic (exact) mass is 534 g/mol. The largest absolute Gasteiger partial charge is 1.00 e. The van der Waals surface area contributed by atoms with E-state index >= 15 is 0 Å². The number of amides is 1. The van der Waals surface area contributed by atoms with Crippen molar-refractivity contribution in [1.82, 2.24) is 9.80 Å². The average Bonchev–Trinajstić information content (AvgIpc) is 3.53. The van der Waals surface area contributed by atoms with Crippen LogP contribution in [-0.4, -0.2) is 66.9 Å². The molecule has 2 aliphatic rings. The van der Waals surface area contributed by atoms with E-state index in [1.165, 1.54) is 0 Å². The third-order valence-corrected chi connectivity index (χ3v) is 7.42. The van der Waals surface area contributed by atoms with E-state index < -0.39 is 17.9 Å². The minimum Gasteiger partial charge on any atom is -1.00 e. The molecule has 1 saturated heterocycles. The molecule has 8 nitrogen and oxygen atoms in total. The number of ether oxygens (including phenoxy) is 3. The first-order valence-corrected chi connectivity index (χ1v) is 13.2. The minimum absolute atomic E-state index is 0. The summed E-state index contributed by atoms with van der Waals surface area (Å²) in [5.74, 6) is 0.113. The Labute approximate surface area is 249 Å². The number of hydrogen-bond donors (Lipinski definition) is 1. The molecule has 0 aliphatic carbocycles. The second-order valence-electron chi connectivity index (χ2n) is 9.82. The van der Waals surface area contributed by atoms with E-state index in [1.54, 1.807) is 7.11 Å². The Morgan fingerprint density at radius 2 is 1.66 bits per heavy atom. The molecule has 2 aromatic carbocycles. The zero-order valence-corrected chi connectivity index (χ0v) is 25.0. The molecule has 1 amide bonds. The number of fused-ring (bicyclic) bond motifs is 1. The standard InChI is InChI=1S/C29H38N2O6.Na.H/c1-4-6-14-30(15-7-5-2)26(32)18-31-17-23(21-10-13-24-25(16-21)37-19-36-24)27(29(33)34)28(31)20-8-11-22(35-3)12-9-20;;/h8-13,16,23,27-28H,4-7,14-15,17-19H2,1-3H3,(H,33,34);;/q;+1;-1. The Morgan fingerprint density at radius 3 is 2.26 bits per heavy atom. The topological polar surface area (TPSA) is 88.5 Å². The van der Waals surface area contributed by atoms with Crippen molar-refractivity contribution in [1.29, 1.82) is 0 Å². The fourth-order valence-electron chi connectivity index (χ4n) is 5.41. The third-order valence-electron chi connectivity index (χ3n) is 7.42. The molecule has 0 aromatic heterocycles. The number of rotatable bonds is 12. The molecule has 2 aliphatic heterocycles. The van der Waals surface area contributed by atoms with Gasteiger partial charge >= 0.3 is 35.5 Å². The number of unbranched alkanes of at least 4 members (excludes halogenated alkanes) is 2. The van der Waals surface area contributed by atoms with Crippen LogP contribution in [0.5, 0.6) is 17.2 Å². The summed E-state index contributed by atoms with van der Waals surface area (Å²) in [6.07, 6.45) is 3.94. The third kappa shape index (κ3) is 6.84. The molecule has 4 rings (SSSR count). The summed E-state index contributed by atoms with van der Waals surface area (Å²) in [6.45, 7) is 6.48. The molecule has 38 heavy (non-hydrogen) atoms. The van der Waals surface area contributed by atoms with Gasteiger partial charge in [0.1, 0.15) is 5.75 Å². The number of hydrogen-bond acceptors (Lipinski definition) is 6. The van der Waals surface area contributed by atoms with Gasteiger partial charge in [-0.3, -0.25) is 14.5 Å². The zero-order chi connectivity index (χ0) is 26.4. The molecule has 0 radical (unpaired) electrons. The van der Waals surface area contributed by atoms with Gasteiger partial charge in [-0.05, 0) is 48.2 Å². The van der Waals surface area contributed by atoms with Crippen LogP contribution in [-0.2, 0) is 9.59 Å². The number of carbonyl (C=O) groups excluding carboxylic acids is 1. The number of carboxylic acid groups (broad SMARTS) is 1. The Bertz CT molecular complexity index is 1080. The predicted octanol–water partition coefficient (Wildman–Crippen LogP) is 1.81. The van der Waals surface area contributed by atoms with Crippen LogP contribution in [0.1, 0.15) is 64.0 Å². The molecule has 202 valence electrons. The molecule has 3 atom stereocenters. The van der Waals surface area contributed by atoms with Crippen molar-refractivity contribution >= 4 is 11.9 Å². The summed E-state index contributed by atoms with van der Waals surface area (Å²) >= 11 is 0. The summed E-state index contributed by atoms with van der Waals surface area (Å²) in [6, 6.07) is 12.7. The van der Waals surface area contributed by atoms with Crippen LogP contribution in [0.25, 0.3) is 0 Å². The quantitative estimate of drug-likeness (QED) is 0.416. The van der Waals surface area contributed by atoms with Gasteiger partial charge in [0.05, 0.1) is 19.6 Å². The zero-order valence-electron chi connectivity index (χ0n) is 24.0. The second kappa shape index (κ2) is 14.2. The van der Waals surface area contributed by atoms with E-state index in [0.29, 0.717) is 23.8 Å². The van der Waals surface area contributed by atoms with Crippen LogP contribution < -0.4 is 43.8 Å². The first kappa shape index (κ1) is 30.3. The van der Waals surface area contributed by atoms with Crippen molar-refractivity contribution in [3.63, 3.8) is 0 Å². The molecule has 2 aromatic rings. The van der Waals surface area contributed by atoms with Gasteiger partial charge in [-0.2, -0.15) is 0 Å². The van der Waals surface area contributed by atoms with Gasteiger partial charge in [0, 0.05) is 31.6 Å². The van der Waals surface area contributed by atoms with E-state index in [-0.39, 0.29) is 56.1 Å². The van der Waals surface area contributed by atoms with Crippen LogP contribution >= 0.6 is 0 Å².